The molecule has 0 radical (unpaired) electrons. The maximum absolute atomic E-state index is 5.92. The van der Waals surface area contributed by atoms with Crippen molar-refractivity contribution in [3.8, 4) is 17.2 Å². The molecule has 0 aliphatic carbocycles. The van der Waals surface area contributed by atoms with Crippen LogP contribution in [-0.2, 0) is 5.41 Å². The summed E-state index contributed by atoms with van der Waals surface area (Å²) in [5.74, 6) is 2.22. The smallest absolute Gasteiger partial charge is 0.147 e. The number of hydrogen-bond acceptors (Lipinski definition) is 4. The van der Waals surface area contributed by atoms with Crippen molar-refractivity contribution in [2.24, 2.45) is 0 Å². The molecule has 20 heavy (non-hydrogen) atoms. The number of hydrogen-bond donors (Lipinski definition) is 1. The molecule has 2 N–H and O–H groups in total. The van der Waals surface area contributed by atoms with Crippen LogP contribution in [0, 0.1) is 0 Å². The van der Waals surface area contributed by atoms with E-state index >= 15 is 0 Å². The molecule has 0 saturated carbocycles. The van der Waals surface area contributed by atoms with Crippen LogP contribution in [0.4, 0.5) is 5.69 Å². The van der Waals surface area contributed by atoms with E-state index in [2.05, 4.69) is 25.8 Å². The SMILES string of the molecule is COc1ccc(Oc2cncc(N)c2)c(C(C)(C)C)c1. The average Bonchev–Trinajstić information content (AvgIpc) is 2.38. The number of benzene rings is 1. The quantitative estimate of drug-likeness (QED) is 0.924. The normalized spacial score (nSPS) is 11.2. The van der Waals surface area contributed by atoms with E-state index in [0.717, 1.165) is 17.1 Å². The second kappa shape index (κ2) is 5.41. The van der Waals surface area contributed by atoms with Gasteiger partial charge in [0.25, 0.3) is 0 Å². The molecule has 106 valence electrons. The lowest BCUT2D eigenvalue weighted by Gasteiger charge is -2.23. The molecule has 0 unspecified atom stereocenters. The van der Waals surface area contributed by atoms with Crippen molar-refractivity contribution in [2.45, 2.75) is 26.2 Å². The average molecular weight is 272 g/mol. The fourth-order valence-corrected chi connectivity index (χ4v) is 1.93. The van der Waals surface area contributed by atoms with E-state index in [0.29, 0.717) is 11.4 Å². The van der Waals surface area contributed by atoms with E-state index in [1.807, 2.05) is 18.2 Å². The lowest BCUT2D eigenvalue weighted by molar-refractivity contribution is 0.407. The Morgan fingerprint density at radius 2 is 1.80 bits per heavy atom. The highest BCUT2D eigenvalue weighted by molar-refractivity contribution is 5.47. The summed E-state index contributed by atoms with van der Waals surface area (Å²) in [6.07, 6.45) is 3.23. The van der Waals surface area contributed by atoms with Crippen LogP contribution in [-0.4, -0.2) is 12.1 Å². The number of nitrogens with two attached hydrogens (primary N) is 1. The first-order valence-corrected chi connectivity index (χ1v) is 6.47. The third-order valence-corrected chi connectivity index (χ3v) is 2.96. The van der Waals surface area contributed by atoms with E-state index in [1.54, 1.807) is 25.6 Å². The summed E-state index contributed by atoms with van der Waals surface area (Å²) in [5.41, 5.74) is 7.31. The zero-order chi connectivity index (χ0) is 14.8. The topological polar surface area (TPSA) is 57.4 Å². The third-order valence-electron chi connectivity index (χ3n) is 2.96. The second-order valence-corrected chi connectivity index (χ2v) is 5.67. The lowest BCUT2D eigenvalue weighted by Crippen LogP contribution is -2.12. The largest absolute Gasteiger partial charge is 0.497 e. The molecule has 2 rings (SSSR count). The van der Waals surface area contributed by atoms with Gasteiger partial charge in [0.2, 0.25) is 0 Å². The van der Waals surface area contributed by atoms with Crippen molar-refractivity contribution in [3.05, 3.63) is 42.2 Å². The molecule has 1 heterocycles. The van der Waals surface area contributed by atoms with Crippen LogP contribution < -0.4 is 15.2 Å². The van der Waals surface area contributed by atoms with Crippen LogP contribution in [0.15, 0.2) is 36.7 Å². The minimum absolute atomic E-state index is 0.0579. The van der Waals surface area contributed by atoms with Crippen molar-refractivity contribution < 1.29 is 9.47 Å². The predicted molar refractivity (Wildman–Crippen MR) is 80.4 cm³/mol. The monoisotopic (exact) mass is 272 g/mol. The first kappa shape index (κ1) is 14.2. The van der Waals surface area contributed by atoms with Gasteiger partial charge in [0.15, 0.2) is 0 Å². The molecule has 0 bridgehead atoms. The van der Waals surface area contributed by atoms with E-state index in [1.165, 1.54) is 0 Å². The van der Waals surface area contributed by atoms with Gasteiger partial charge in [-0.15, -0.1) is 0 Å². The zero-order valence-corrected chi connectivity index (χ0v) is 12.3. The Bertz CT molecular complexity index is 604. The minimum Gasteiger partial charge on any atom is -0.497 e. The maximum Gasteiger partial charge on any atom is 0.147 e. The first-order chi connectivity index (χ1) is 9.40. The molecule has 0 aliphatic heterocycles. The van der Waals surface area contributed by atoms with Crippen LogP contribution in [0.2, 0.25) is 0 Å². The van der Waals surface area contributed by atoms with Crippen molar-refractivity contribution in [1.82, 2.24) is 4.98 Å². The Balaban J connectivity index is 2.41. The highest BCUT2D eigenvalue weighted by atomic mass is 16.5. The summed E-state index contributed by atoms with van der Waals surface area (Å²) in [5, 5.41) is 0. The van der Waals surface area contributed by atoms with Crippen molar-refractivity contribution in [1.29, 1.82) is 0 Å². The highest BCUT2D eigenvalue weighted by Crippen LogP contribution is 2.36. The van der Waals surface area contributed by atoms with Gasteiger partial charge in [0, 0.05) is 11.6 Å². The maximum atomic E-state index is 5.92. The molecular weight excluding hydrogens is 252 g/mol. The number of pyridine rings is 1. The van der Waals surface area contributed by atoms with Gasteiger partial charge in [0.1, 0.15) is 17.2 Å². The van der Waals surface area contributed by atoms with Gasteiger partial charge in [-0.2, -0.15) is 0 Å². The number of ether oxygens (including phenoxy) is 2. The Labute approximate surface area is 119 Å². The van der Waals surface area contributed by atoms with Crippen LogP contribution in [0.3, 0.4) is 0 Å². The Morgan fingerprint density at radius 3 is 2.40 bits per heavy atom. The summed E-state index contributed by atoms with van der Waals surface area (Å²) in [7, 11) is 1.66. The highest BCUT2D eigenvalue weighted by Gasteiger charge is 2.20. The van der Waals surface area contributed by atoms with Crippen molar-refractivity contribution >= 4 is 5.69 Å². The van der Waals surface area contributed by atoms with E-state index < -0.39 is 0 Å². The molecular formula is C16H20N2O2. The molecule has 0 spiro atoms. The Kier molecular flexibility index (Phi) is 3.84. The second-order valence-electron chi connectivity index (χ2n) is 5.67. The van der Waals surface area contributed by atoms with Crippen LogP contribution >= 0.6 is 0 Å². The first-order valence-electron chi connectivity index (χ1n) is 6.47. The molecule has 4 heteroatoms. The van der Waals surface area contributed by atoms with Gasteiger partial charge in [0.05, 0.1) is 25.2 Å². The standard InChI is InChI=1S/C16H20N2O2/c1-16(2,3)14-8-12(19-4)5-6-15(14)20-13-7-11(17)9-18-10-13/h5-10H,17H2,1-4H3. The summed E-state index contributed by atoms with van der Waals surface area (Å²) in [6.45, 7) is 6.39. The fraction of sp³-hybridized carbons (Fsp3) is 0.312. The van der Waals surface area contributed by atoms with E-state index in [9.17, 15) is 0 Å². The summed E-state index contributed by atoms with van der Waals surface area (Å²) in [6, 6.07) is 7.53. The molecule has 1 aromatic heterocycles. The van der Waals surface area contributed by atoms with Crippen molar-refractivity contribution in [2.75, 3.05) is 12.8 Å². The van der Waals surface area contributed by atoms with Crippen LogP contribution in [0.25, 0.3) is 0 Å². The van der Waals surface area contributed by atoms with Crippen LogP contribution in [0.1, 0.15) is 26.3 Å². The number of anilines is 1. The van der Waals surface area contributed by atoms with Gasteiger partial charge in [-0.25, -0.2) is 0 Å². The Hall–Kier alpha value is -2.23. The van der Waals surface area contributed by atoms with Crippen LogP contribution in [0.5, 0.6) is 17.2 Å². The van der Waals surface area contributed by atoms with Crippen molar-refractivity contribution in [3.63, 3.8) is 0 Å². The zero-order valence-electron chi connectivity index (χ0n) is 12.3. The van der Waals surface area contributed by atoms with Gasteiger partial charge < -0.3 is 15.2 Å². The summed E-state index contributed by atoms with van der Waals surface area (Å²) >= 11 is 0. The lowest BCUT2D eigenvalue weighted by atomic mass is 9.86. The number of rotatable bonds is 3. The molecule has 2 aromatic rings. The third kappa shape index (κ3) is 3.20. The summed E-state index contributed by atoms with van der Waals surface area (Å²) < 4.78 is 11.2. The molecule has 0 atom stereocenters. The molecule has 0 saturated heterocycles. The predicted octanol–water partition coefficient (Wildman–Crippen LogP) is 3.76. The number of nitrogens with zero attached hydrogens (tertiary/aromatic N) is 1. The summed E-state index contributed by atoms with van der Waals surface area (Å²) in [4.78, 5) is 4.03. The molecule has 0 amide bonds. The minimum atomic E-state index is -0.0579. The number of methoxy groups -OCH3 is 1. The van der Waals surface area contributed by atoms with Gasteiger partial charge in [-0.05, 0) is 23.6 Å². The molecule has 0 fully saturated rings. The van der Waals surface area contributed by atoms with E-state index in [-0.39, 0.29) is 5.41 Å². The van der Waals surface area contributed by atoms with E-state index in [4.69, 9.17) is 15.2 Å². The molecule has 4 nitrogen and oxygen atoms in total. The number of nitrogen functional groups attached to an aromatic ring is 1. The molecule has 1 aromatic carbocycles. The number of aromatic nitrogens is 1. The molecule has 0 aliphatic rings. The van der Waals surface area contributed by atoms with Gasteiger partial charge in [-0.3, -0.25) is 4.98 Å². The Morgan fingerprint density at radius 1 is 1.05 bits per heavy atom. The van der Waals surface area contributed by atoms with Gasteiger partial charge in [-0.1, -0.05) is 20.8 Å². The fourth-order valence-electron chi connectivity index (χ4n) is 1.93. The van der Waals surface area contributed by atoms with Gasteiger partial charge >= 0.3 is 0 Å².